The van der Waals surface area contributed by atoms with Gasteiger partial charge in [-0.2, -0.15) is 0 Å². The third-order valence-electron chi connectivity index (χ3n) is 2.41. The van der Waals surface area contributed by atoms with Crippen LogP contribution in [-0.4, -0.2) is 22.5 Å². The van der Waals surface area contributed by atoms with Crippen molar-refractivity contribution in [1.29, 1.82) is 0 Å². The van der Waals surface area contributed by atoms with Gasteiger partial charge in [0.15, 0.2) is 6.10 Å². The molecule has 1 rings (SSSR count). The number of carboxylic acid groups (broad SMARTS) is 1. The maximum atomic E-state index is 10.6. The molecule has 0 saturated carbocycles. The first-order valence-electron chi connectivity index (χ1n) is 5.00. The van der Waals surface area contributed by atoms with Crippen LogP contribution in [0.25, 0.3) is 0 Å². The van der Waals surface area contributed by atoms with Gasteiger partial charge in [0.2, 0.25) is 0 Å². The minimum absolute atomic E-state index is 0.391. The number of aldehydes is 1. The second-order valence-electron chi connectivity index (χ2n) is 3.64. The van der Waals surface area contributed by atoms with Gasteiger partial charge >= 0.3 is 5.97 Å². The molecule has 16 heavy (non-hydrogen) atoms. The topological polar surface area (TPSA) is 74.6 Å². The maximum absolute atomic E-state index is 10.6. The van der Waals surface area contributed by atoms with E-state index >= 15 is 0 Å². The van der Waals surface area contributed by atoms with Crippen molar-refractivity contribution in [3.63, 3.8) is 0 Å². The molecule has 0 saturated heterocycles. The van der Waals surface area contributed by atoms with Gasteiger partial charge in [-0.05, 0) is 30.0 Å². The van der Waals surface area contributed by atoms with Gasteiger partial charge in [0.25, 0.3) is 0 Å². The number of hydrogen-bond donors (Lipinski definition) is 2. The Morgan fingerprint density at radius 3 is 2.69 bits per heavy atom. The van der Waals surface area contributed by atoms with Crippen LogP contribution >= 0.6 is 0 Å². The third kappa shape index (κ3) is 2.90. The SMILES string of the molecule is Cc1cc(CCC=O)ccc1C(O)C(=O)O. The quantitative estimate of drug-likeness (QED) is 0.735. The number of aliphatic hydroxyl groups is 1. The zero-order valence-electron chi connectivity index (χ0n) is 9.01. The molecule has 4 heteroatoms. The molecule has 1 unspecified atom stereocenters. The first kappa shape index (κ1) is 12.4. The van der Waals surface area contributed by atoms with Crippen molar-refractivity contribution < 1.29 is 19.8 Å². The monoisotopic (exact) mass is 222 g/mol. The minimum Gasteiger partial charge on any atom is -0.479 e. The van der Waals surface area contributed by atoms with Gasteiger partial charge in [0, 0.05) is 6.42 Å². The van der Waals surface area contributed by atoms with Crippen molar-refractivity contribution >= 4 is 12.3 Å². The van der Waals surface area contributed by atoms with Crippen LogP contribution in [0, 0.1) is 6.92 Å². The van der Waals surface area contributed by atoms with E-state index in [2.05, 4.69) is 0 Å². The summed E-state index contributed by atoms with van der Waals surface area (Å²) in [5.74, 6) is -1.26. The molecule has 2 N–H and O–H groups in total. The fraction of sp³-hybridized carbons (Fsp3) is 0.333. The van der Waals surface area contributed by atoms with Gasteiger partial charge in [-0.25, -0.2) is 4.79 Å². The number of carboxylic acids is 1. The van der Waals surface area contributed by atoms with Crippen molar-refractivity contribution in [3.8, 4) is 0 Å². The van der Waals surface area contributed by atoms with Gasteiger partial charge in [-0.3, -0.25) is 0 Å². The zero-order valence-corrected chi connectivity index (χ0v) is 9.01. The molecule has 1 aromatic carbocycles. The smallest absolute Gasteiger partial charge is 0.337 e. The number of carbonyl (C=O) groups is 2. The fourth-order valence-electron chi connectivity index (χ4n) is 1.56. The van der Waals surface area contributed by atoms with Crippen LogP contribution in [0.4, 0.5) is 0 Å². The molecule has 0 aliphatic carbocycles. The number of hydrogen-bond acceptors (Lipinski definition) is 3. The molecule has 0 aromatic heterocycles. The first-order chi connectivity index (χ1) is 7.56. The van der Waals surface area contributed by atoms with E-state index in [1.165, 1.54) is 0 Å². The van der Waals surface area contributed by atoms with E-state index in [-0.39, 0.29) is 0 Å². The lowest BCUT2D eigenvalue weighted by atomic mass is 9.99. The molecule has 86 valence electrons. The van der Waals surface area contributed by atoms with Gasteiger partial charge in [-0.1, -0.05) is 18.2 Å². The van der Waals surface area contributed by atoms with E-state index in [0.717, 1.165) is 17.4 Å². The van der Waals surface area contributed by atoms with Crippen molar-refractivity contribution in [3.05, 3.63) is 34.9 Å². The van der Waals surface area contributed by atoms with Crippen molar-refractivity contribution in [2.24, 2.45) is 0 Å². The molecule has 4 nitrogen and oxygen atoms in total. The Morgan fingerprint density at radius 1 is 1.50 bits per heavy atom. The van der Waals surface area contributed by atoms with Crippen LogP contribution in [0.3, 0.4) is 0 Å². The van der Waals surface area contributed by atoms with Crippen molar-refractivity contribution in [2.45, 2.75) is 25.9 Å². The highest BCUT2D eigenvalue weighted by atomic mass is 16.4. The summed E-state index contributed by atoms with van der Waals surface area (Å²) in [6, 6.07) is 5.12. The van der Waals surface area contributed by atoms with Crippen LogP contribution in [0.5, 0.6) is 0 Å². The highest BCUT2D eigenvalue weighted by Gasteiger charge is 2.17. The van der Waals surface area contributed by atoms with Gasteiger partial charge in [-0.15, -0.1) is 0 Å². The summed E-state index contributed by atoms with van der Waals surface area (Å²) in [5.41, 5.74) is 2.08. The number of aliphatic hydroxyl groups excluding tert-OH is 1. The Kier molecular flexibility index (Phi) is 4.19. The lowest BCUT2D eigenvalue weighted by Crippen LogP contribution is -2.12. The summed E-state index contributed by atoms with van der Waals surface area (Å²) < 4.78 is 0. The molecule has 1 atom stereocenters. The Labute approximate surface area is 93.5 Å². The zero-order chi connectivity index (χ0) is 12.1. The largest absolute Gasteiger partial charge is 0.479 e. The molecule has 0 spiro atoms. The highest BCUT2D eigenvalue weighted by Crippen LogP contribution is 2.19. The Balaban J connectivity index is 2.90. The lowest BCUT2D eigenvalue weighted by molar-refractivity contribution is -0.147. The van der Waals surface area contributed by atoms with Crippen molar-refractivity contribution in [1.82, 2.24) is 0 Å². The summed E-state index contributed by atoms with van der Waals surface area (Å²) in [5, 5.41) is 18.1. The Bertz CT molecular complexity index is 398. The Hall–Kier alpha value is -1.68. The summed E-state index contributed by atoms with van der Waals surface area (Å²) >= 11 is 0. The molecule has 0 aliphatic heterocycles. The standard InChI is InChI=1S/C12H14O4/c1-8-7-9(3-2-6-13)4-5-10(8)11(14)12(15)16/h4-7,11,14H,2-3H2,1H3,(H,15,16). The number of aryl methyl sites for hydroxylation is 2. The van der Waals surface area contributed by atoms with E-state index in [1.54, 1.807) is 25.1 Å². The molecule has 0 fully saturated rings. The van der Waals surface area contributed by atoms with Crippen LogP contribution < -0.4 is 0 Å². The molecular weight excluding hydrogens is 208 g/mol. The molecule has 0 bridgehead atoms. The third-order valence-corrected chi connectivity index (χ3v) is 2.41. The highest BCUT2D eigenvalue weighted by molar-refractivity contribution is 5.74. The number of aliphatic carboxylic acids is 1. The molecule has 0 radical (unpaired) electrons. The molecule has 0 aliphatic rings. The summed E-state index contributed by atoms with van der Waals surface area (Å²) in [7, 11) is 0. The van der Waals surface area contributed by atoms with E-state index in [0.29, 0.717) is 18.4 Å². The fourth-order valence-corrected chi connectivity index (χ4v) is 1.56. The summed E-state index contributed by atoms with van der Waals surface area (Å²) in [6.07, 6.45) is 0.434. The minimum atomic E-state index is -1.49. The van der Waals surface area contributed by atoms with Crippen molar-refractivity contribution in [2.75, 3.05) is 0 Å². The summed E-state index contributed by atoms with van der Waals surface area (Å²) in [6.45, 7) is 1.74. The average molecular weight is 222 g/mol. The number of benzene rings is 1. The van der Waals surface area contributed by atoms with E-state index in [4.69, 9.17) is 5.11 Å². The average Bonchev–Trinajstić information content (AvgIpc) is 2.25. The predicted octanol–water partition coefficient (Wildman–Crippen LogP) is 1.24. The van der Waals surface area contributed by atoms with Gasteiger partial charge in [0.1, 0.15) is 6.29 Å². The lowest BCUT2D eigenvalue weighted by Gasteiger charge is -2.10. The number of carbonyl (C=O) groups excluding carboxylic acids is 1. The van der Waals surface area contributed by atoms with Crippen LogP contribution in [0.15, 0.2) is 18.2 Å². The van der Waals surface area contributed by atoms with E-state index < -0.39 is 12.1 Å². The van der Waals surface area contributed by atoms with Crippen LogP contribution in [0.1, 0.15) is 29.2 Å². The second-order valence-corrected chi connectivity index (χ2v) is 3.64. The predicted molar refractivity (Wildman–Crippen MR) is 58.2 cm³/mol. The molecule has 1 aromatic rings. The van der Waals surface area contributed by atoms with Crippen LogP contribution in [0.2, 0.25) is 0 Å². The van der Waals surface area contributed by atoms with Crippen LogP contribution in [-0.2, 0) is 16.0 Å². The van der Waals surface area contributed by atoms with E-state index in [9.17, 15) is 14.7 Å². The number of rotatable bonds is 5. The maximum Gasteiger partial charge on any atom is 0.337 e. The first-order valence-corrected chi connectivity index (χ1v) is 5.00. The molecular formula is C12H14O4. The summed E-state index contributed by atoms with van der Waals surface area (Å²) in [4.78, 5) is 20.8. The normalized spacial score (nSPS) is 12.1. The second kappa shape index (κ2) is 5.42. The van der Waals surface area contributed by atoms with Gasteiger partial charge in [0.05, 0.1) is 0 Å². The molecule has 0 amide bonds. The Morgan fingerprint density at radius 2 is 2.19 bits per heavy atom. The van der Waals surface area contributed by atoms with Gasteiger partial charge < -0.3 is 15.0 Å². The molecule has 0 heterocycles. The van der Waals surface area contributed by atoms with E-state index in [1.807, 2.05) is 0 Å².